The second kappa shape index (κ2) is 16.4. The van der Waals surface area contributed by atoms with Crippen molar-refractivity contribution in [3.05, 3.63) is 65.2 Å². The van der Waals surface area contributed by atoms with Crippen molar-refractivity contribution in [2.24, 2.45) is 11.7 Å². The maximum atomic E-state index is 13.2. The number of piperidine rings is 1. The molecule has 1 saturated heterocycles. The molecule has 2 aliphatic rings. The lowest BCUT2D eigenvalue weighted by atomic mass is 9.95. The highest BCUT2D eigenvalue weighted by Crippen LogP contribution is 2.23. The van der Waals surface area contributed by atoms with Gasteiger partial charge in [0, 0.05) is 38.9 Å². The van der Waals surface area contributed by atoms with Crippen LogP contribution in [-0.4, -0.2) is 54.3 Å². The summed E-state index contributed by atoms with van der Waals surface area (Å²) in [5.41, 5.74) is 7.82. The Morgan fingerprint density at radius 1 is 1.07 bits per heavy atom. The Balaban J connectivity index is 0.000000850. The standard InChI is InChI=1S/C29H37N3O4.C3H7NO/c1-21-9-11-25-18-24(21)19-30-29(35)26(12-10-22-6-3-2-4-7-22)31-27(33)13-14-28(34)32-16-5-8-23(20-32)15-17-36-25;1-2-3(4)5/h2-4,6-7,9,11,18,23,26H,5,8,10,12-17,19-20H2,1H3,(H,30,35)(H,31,33);2H2,1H3,(H2,4,5). The lowest BCUT2D eigenvalue weighted by Gasteiger charge is -2.33. The van der Waals surface area contributed by atoms with Crippen LogP contribution in [0.1, 0.15) is 68.6 Å². The molecule has 2 atom stereocenters. The number of hydrogen-bond acceptors (Lipinski definition) is 5. The van der Waals surface area contributed by atoms with Gasteiger partial charge in [0.1, 0.15) is 11.8 Å². The second-order valence-corrected chi connectivity index (χ2v) is 10.8. The maximum absolute atomic E-state index is 13.2. The van der Waals surface area contributed by atoms with Crippen molar-refractivity contribution < 1.29 is 23.9 Å². The average molecular weight is 565 g/mol. The van der Waals surface area contributed by atoms with Crippen molar-refractivity contribution in [1.29, 1.82) is 0 Å². The van der Waals surface area contributed by atoms with Crippen LogP contribution in [0, 0.1) is 12.8 Å². The predicted molar refractivity (Wildman–Crippen MR) is 158 cm³/mol. The number of hydrogen-bond donors (Lipinski definition) is 3. The average Bonchev–Trinajstić information content (AvgIpc) is 2.98. The fraction of sp³-hybridized carbons (Fsp3) is 0.500. The van der Waals surface area contributed by atoms with Gasteiger partial charge in [-0.05, 0) is 73.8 Å². The first-order chi connectivity index (χ1) is 19.7. The molecular weight excluding hydrogens is 520 g/mol. The van der Waals surface area contributed by atoms with E-state index in [1.54, 1.807) is 6.92 Å². The molecule has 2 heterocycles. The van der Waals surface area contributed by atoms with Crippen LogP contribution in [0.4, 0.5) is 0 Å². The monoisotopic (exact) mass is 564 g/mol. The number of aryl methyl sites for hydroxylation is 2. The van der Waals surface area contributed by atoms with E-state index in [4.69, 9.17) is 4.74 Å². The van der Waals surface area contributed by atoms with Gasteiger partial charge in [0.2, 0.25) is 23.6 Å². The summed E-state index contributed by atoms with van der Waals surface area (Å²) in [7, 11) is 0. The molecule has 2 aromatic carbocycles. The molecule has 9 heteroatoms. The highest BCUT2D eigenvalue weighted by molar-refractivity contribution is 5.89. The molecule has 0 aromatic heterocycles. The molecular formula is C32H44N4O5. The fourth-order valence-electron chi connectivity index (χ4n) is 4.97. The Morgan fingerprint density at radius 2 is 1.83 bits per heavy atom. The van der Waals surface area contributed by atoms with E-state index in [9.17, 15) is 19.2 Å². The SMILES string of the molecule is CCC(N)=O.Cc1ccc2cc1CNC(=O)C(CCc1ccccc1)NC(=O)CCC(=O)N1CCCC(CCO2)C1. The largest absolute Gasteiger partial charge is 0.494 e. The minimum absolute atomic E-state index is 0.00495. The van der Waals surface area contributed by atoms with Gasteiger partial charge < -0.3 is 26.0 Å². The zero-order chi connectivity index (χ0) is 29.6. The van der Waals surface area contributed by atoms with Gasteiger partial charge in [0.25, 0.3) is 0 Å². The molecule has 0 spiro atoms. The van der Waals surface area contributed by atoms with Gasteiger partial charge in [0.05, 0.1) is 6.61 Å². The maximum Gasteiger partial charge on any atom is 0.242 e. The Bertz CT molecular complexity index is 1170. The molecule has 0 saturated carbocycles. The van der Waals surface area contributed by atoms with Crippen LogP contribution in [0.15, 0.2) is 48.5 Å². The fourth-order valence-corrected chi connectivity index (χ4v) is 4.97. The van der Waals surface area contributed by atoms with Gasteiger partial charge in [-0.1, -0.05) is 43.3 Å². The summed E-state index contributed by atoms with van der Waals surface area (Å²) in [6, 6.07) is 15.2. The highest BCUT2D eigenvalue weighted by atomic mass is 16.5. The molecule has 41 heavy (non-hydrogen) atoms. The zero-order valence-corrected chi connectivity index (χ0v) is 24.3. The molecule has 4 rings (SSSR count). The molecule has 4 N–H and O–H groups in total. The molecule has 1 fully saturated rings. The predicted octanol–water partition coefficient (Wildman–Crippen LogP) is 3.41. The van der Waals surface area contributed by atoms with E-state index in [1.165, 1.54) is 0 Å². The van der Waals surface area contributed by atoms with E-state index in [0.717, 1.165) is 48.2 Å². The smallest absolute Gasteiger partial charge is 0.242 e. The number of carbonyl (C=O) groups excluding carboxylic acids is 4. The molecule has 4 bridgehead atoms. The molecule has 2 aromatic rings. The number of amides is 4. The molecule has 0 radical (unpaired) electrons. The Morgan fingerprint density at radius 3 is 2.56 bits per heavy atom. The van der Waals surface area contributed by atoms with Crippen LogP contribution in [0.25, 0.3) is 0 Å². The number of rotatable bonds is 4. The van der Waals surface area contributed by atoms with Gasteiger partial charge in [-0.2, -0.15) is 0 Å². The van der Waals surface area contributed by atoms with Crippen molar-refractivity contribution >= 4 is 23.6 Å². The number of primary amides is 1. The lowest BCUT2D eigenvalue weighted by molar-refractivity contribution is -0.135. The topological polar surface area (TPSA) is 131 Å². The number of ether oxygens (including phenoxy) is 1. The molecule has 0 aliphatic carbocycles. The molecule has 222 valence electrons. The summed E-state index contributed by atoms with van der Waals surface area (Å²) < 4.78 is 6.04. The van der Waals surface area contributed by atoms with E-state index in [-0.39, 0.29) is 36.5 Å². The van der Waals surface area contributed by atoms with Crippen molar-refractivity contribution in [2.75, 3.05) is 19.7 Å². The van der Waals surface area contributed by atoms with Gasteiger partial charge in [-0.15, -0.1) is 0 Å². The Kier molecular flexibility index (Phi) is 12.7. The normalized spacial score (nSPS) is 20.2. The Labute approximate surface area is 243 Å². The van der Waals surface area contributed by atoms with Gasteiger partial charge >= 0.3 is 0 Å². The van der Waals surface area contributed by atoms with Gasteiger partial charge in [-0.3, -0.25) is 19.2 Å². The first-order valence-corrected chi connectivity index (χ1v) is 14.6. The summed E-state index contributed by atoms with van der Waals surface area (Å²) >= 11 is 0. The first-order valence-electron chi connectivity index (χ1n) is 14.6. The van der Waals surface area contributed by atoms with Crippen LogP contribution in [-0.2, 0) is 32.1 Å². The number of carbonyl (C=O) groups is 4. The van der Waals surface area contributed by atoms with Crippen LogP contribution >= 0.6 is 0 Å². The third-order valence-corrected chi connectivity index (χ3v) is 7.57. The lowest BCUT2D eigenvalue weighted by Crippen LogP contribution is -2.47. The number of benzene rings is 2. The minimum atomic E-state index is -0.675. The second-order valence-electron chi connectivity index (χ2n) is 10.8. The van der Waals surface area contributed by atoms with E-state index in [0.29, 0.717) is 44.9 Å². The van der Waals surface area contributed by atoms with Crippen molar-refractivity contribution in [2.45, 2.75) is 77.8 Å². The van der Waals surface area contributed by atoms with Crippen LogP contribution in [0.3, 0.4) is 0 Å². The zero-order valence-electron chi connectivity index (χ0n) is 24.3. The molecule has 9 nitrogen and oxygen atoms in total. The number of fused-ring (bicyclic) bond motifs is 4. The number of nitrogens with zero attached hydrogens (tertiary/aromatic N) is 1. The van der Waals surface area contributed by atoms with E-state index < -0.39 is 6.04 Å². The number of nitrogens with two attached hydrogens (primary N) is 1. The summed E-state index contributed by atoms with van der Waals surface area (Å²) in [5, 5.41) is 5.89. The van der Waals surface area contributed by atoms with E-state index >= 15 is 0 Å². The van der Waals surface area contributed by atoms with Gasteiger partial charge in [0.15, 0.2) is 0 Å². The summed E-state index contributed by atoms with van der Waals surface area (Å²) in [6.45, 7) is 6.13. The highest BCUT2D eigenvalue weighted by Gasteiger charge is 2.25. The van der Waals surface area contributed by atoms with Gasteiger partial charge in [-0.25, -0.2) is 0 Å². The van der Waals surface area contributed by atoms with Crippen molar-refractivity contribution in [3.63, 3.8) is 0 Å². The number of nitrogens with one attached hydrogen (secondary N) is 2. The molecule has 4 amide bonds. The van der Waals surface area contributed by atoms with Crippen molar-refractivity contribution in [3.8, 4) is 5.75 Å². The quantitative estimate of drug-likeness (QED) is 0.524. The van der Waals surface area contributed by atoms with E-state index in [2.05, 4.69) is 16.4 Å². The minimum Gasteiger partial charge on any atom is -0.494 e. The third-order valence-electron chi connectivity index (χ3n) is 7.57. The summed E-state index contributed by atoms with van der Waals surface area (Å²) in [5.74, 6) is 0.454. The third kappa shape index (κ3) is 10.9. The molecule has 2 unspecified atom stereocenters. The summed E-state index contributed by atoms with van der Waals surface area (Å²) in [4.78, 5) is 50.2. The molecule has 2 aliphatic heterocycles. The van der Waals surface area contributed by atoms with E-state index in [1.807, 2.05) is 60.4 Å². The van der Waals surface area contributed by atoms with Crippen LogP contribution in [0.2, 0.25) is 0 Å². The van der Waals surface area contributed by atoms with Crippen LogP contribution < -0.4 is 21.1 Å². The first kappa shape index (κ1) is 31.6. The Hall–Kier alpha value is -3.88. The summed E-state index contributed by atoms with van der Waals surface area (Å²) in [6.07, 6.45) is 4.76. The van der Waals surface area contributed by atoms with Crippen molar-refractivity contribution in [1.82, 2.24) is 15.5 Å². The van der Waals surface area contributed by atoms with Crippen LogP contribution in [0.5, 0.6) is 5.75 Å².